The summed E-state index contributed by atoms with van der Waals surface area (Å²) in [5, 5.41) is 0. The van der Waals surface area contributed by atoms with Crippen LogP contribution in [0, 0.1) is 0 Å². The number of methoxy groups -OCH3 is 1. The van der Waals surface area contributed by atoms with Gasteiger partial charge in [-0.25, -0.2) is 0 Å². The quantitative estimate of drug-likeness (QED) is 0.377. The van der Waals surface area contributed by atoms with E-state index in [9.17, 15) is 4.79 Å². The van der Waals surface area contributed by atoms with Gasteiger partial charge in [-0.1, -0.05) is 19.2 Å². The first-order chi connectivity index (χ1) is 7.51. The topological polar surface area (TPSA) is 35.5 Å². The molecule has 0 bridgehead atoms. The Morgan fingerprint density at radius 1 is 1.38 bits per heavy atom. The standard InChI is InChI=1S/C13H18O3/c1-6-7-11(3)16-9-13(14)10(2)8-12(4)15-5/h6-8H,2-3,9H2,1,4-5H3. The summed E-state index contributed by atoms with van der Waals surface area (Å²) in [6, 6.07) is 0. The normalized spacial score (nSPS) is 11.3. The van der Waals surface area contributed by atoms with Crippen molar-refractivity contribution in [2.24, 2.45) is 0 Å². The van der Waals surface area contributed by atoms with Crippen molar-refractivity contribution in [2.45, 2.75) is 13.8 Å². The van der Waals surface area contributed by atoms with E-state index in [4.69, 9.17) is 9.47 Å². The Labute approximate surface area is 96.7 Å². The Kier molecular flexibility index (Phi) is 6.68. The molecule has 0 unspecified atom stereocenters. The number of hydrogen-bond acceptors (Lipinski definition) is 3. The maximum atomic E-state index is 11.5. The van der Waals surface area contributed by atoms with Crippen molar-refractivity contribution >= 4 is 5.78 Å². The molecule has 0 aliphatic carbocycles. The molecule has 3 nitrogen and oxygen atoms in total. The number of Topliss-reactive ketones (excluding diaryl/α,β-unsaturated/α-hetero) is 1. The first-order valence-corrected chi connectivity index (χ1v) is 4.90. The van der Waals surface area contributed by atoms with Gasteiger partial charge in [-0.15, -0.1) is 0 Å². The van der Waals surface area contributed by atoms with E-state index in [-0.39, 0.29) is 12.4 Å². The molecule has 16 heavy (non-hydrogen) atoms. The highest BCUT2D eigenvalue weighted by Crippen LogP contribution is 2.04. The first kappa shape index (κ1) is 14.2. The molecule has 0 saturated carbocycles. The summed E-state index contributed by atoms with van der Waals surface area (Å²) in [6.45, 7) is 10.8. The highest BCUT2D eigenvalue weighted by molar-refractivity contribution is 5.98. The lowest BCUT2D eigenvalue weighted by atomic mass is 10.2. The first-order valence-electron chi connectivity index (χ1n) is 4.90. The molecule has 88 valence electrons. The molecule has 0 atom stereocenters. The number of carbonyl (C=O) groups is 1. The zero-order chi connectivity index (χ0) is 12.6. The number of carbonyl (C=O) groups excluding carboxylic acids is 1. The summed E-state index contributed by atoms with van der Waals surface area (Å²) < 4.78 is 10.0. The van der Waals surface area contributed by atoms with Gasteiger partial charge < -0.3 is 9.47 Å². The summed E-state index contributed by atoms with van der Waals surface area (Å²) in [7, 11) is 1.54. The third-order valence-corrected chi connectivity index (χ3v) is 1.80. The second-order valence-electron chi connectivity index (χ2n) is 3.16. The van der Waals surface area contributed by atoms with Crippen molar-refractivity contribution < 1.29 is 14.3 Å². The average molecular weight is 222 g/mol. The van der Waals surface area contributed by atoms with Crippen molar-refractivity contribution in [3.63, 3.8) is 0 Å². The Bertz CT molecular complexity index is 335. The highest BCUT2D eigenvalue weighted by atomic mass is 16.5. The van der Waals surface area contributed by atoms with Crippen LogP contribution in [0.5, 0.6) is 0 Å². The van der Waals surface area contributed by atoms with E-state index in [1.807, 2.05) is 6.92 Å². The van der Waals surface area contributed by atoms with Gasteiger partial charge in [0.1, 0.15) is 5.76 Å². The van der Waals surface area contributed by atoms with Gasteiger partial charge in [0.15, 0.2) is 12.4 Å². The zero-order valence-electron chi connectivity index (χ0n) is 10.1. The molecule has 0 aromatic rings. The minimum atomic E-state index is -0.193. The van der Waals surface area contributed by atoms with Gasteiger partial charge in [-0.3, -0.25) is 4.79 Å². The van der Waals surface area contributed by atoms with Gasteiger partial charge in [0.05, 0.1) is 12.9 Å². The van der Waals surface area contributed by atoms with Crippen molar-refractivity contribution in [1.82, 2.24) is 0 Å². The van der Waals surface area contributed by atoms with Crippen LogP contribution in [0.3, 0.4) is 0 Å². The molecule has 0 aliphatic heterocycles. The monoisotopic (exact) mass is 222 g/mol. The van der Waals surface area contributed by atoms with Crippen LogP contribution >= 0.6 is 0 Å². The number of rotatable bonds is 7. The minimum absolute atomic E-state index is 0.0600. The predicted molar refractivity (Wildman–Crippen MR) is 64.8 cm³/mol. The van der Waals surface area contributed by atoms with Crippen LogP contribution in [0.2, 0.25) is 0 Å². The van der Waals surface area contributed by atoms with E-state index in [1.54, 1.807) is 25.2 Å². The van der Waals surface area contributed by atoms with Crippen LogP contribution in [0.15, 0.2) is 48.5 Å². The molecule has 0 aromatic carbocycles. The largest absolute Gasteiger partial charge is 0.501 e. The molecular formula is C13H18O3. The second kappa shape index (κ2) is 7.51. The molecule has 0 aromatic heterocycles. The Morgan fingerprint density at radius 2 is 2.00 bits per heavy atom. The molecule has 3 heteroatoms. The van der Waals surface area contributed by atoms with E-state index in [2.05, 4.69) is 13.2 Å². The van der Waals surface area contributed by atoms with E-state index < -0.39 is 0 Å². The van der Waals surface area contributed by atoms with Gasteiger partial charge in [-0.05, 0) is 26.0 Å². The Morgan fingerprint density at radius 3 is 2.50 bits per heavy atom. The van der Waals surface area contributed by atoms with Gasteiger partial charge >= 0.3 is 0 Å². The Hall–Kier alpha value is -1.77. The third kappa shape index (κ3) is 5.86. The summed E-state index contributed by atoms with van der Waals surface area (Å²) in [5.41, 5.74) is 0.354. The van der Waals surface area contributed by atoms with Crippen LogP contribution < -0.4 is 0 Å². The molecule has 0 N–H and O–H groups in total. The summed E-state index contributed by atoms with van der Waals surface area (Å²) in [6.07, 6.45) is 5.05. The third-order valence-electron chi connectivity index (χ3n) is 1.80. The fourth-order valence-electron chi connectivity index (χ4n) is 0.870. The fourth-order valence-corrected chi connectivity index (χ4v) is 0.870. The maximum absolute atomic E-state index is 11.5. The molecular weight excluding hydrogens is 204 g/mol. The minimum Gasteiger partial charge on any atom is -0.501 e. The molecule has 0 rings (SSSR count). The lowest BCUT2D eigenvalue weighted by molar-refractivity contribution is -0.118. The molecule has 0 amide bonds. The fraction of sp³-hybridized carbons (Fsp3) is 0.308. The molecule has 0 radical (unpaired) electrons. The highest BCUT2D eigenvalue weighted by Gasteiger charge is 2.06. The van der Waals surface area contributed by atoms with E-state index in [0.717, 1.165) is 0 Å². The molecule has 0 saturated heterocycles. The van der Waals surface area contributed by atoms with Crippen LogP contribution in [0.25, 0.3) is 0 Å². The Balaban J connectivity index is 4.18. The summed E-state index contributed by atoms with van der Waals surface area (Å²) >= 11 is 0. The molecule has 0 spiro atoms. The van der Waals surface area contributed by atoms with Gasteiger partial charge in [-0.2, -0.15) is 0 Å². The van der Waals surface area contributed by atoms with E-state index in [1.165, 1.54) is 7.11 Å². The number of hydrogen-bond donors (Lipinski definition) is 0. The molecule has 0 fully saturated rings. The molecule has 0 heterocycles. The molecule has 0 aliphatic rings. The SMILES string of the molecule is C=C(C=CC)OCC(=O)C(=C)C=C(C)OC. The van der Waals surface area contributed by atoms with Crippen LogP contribution in [0.1, 0.15) is 13.8 Å². The van der Waals surface area contributed by atoms with Gasteiger partial charge in [0.25, 0.3) is 0 Å². The van der Waals surface area contributed by atoms with Crippen molar-refractivity contribution in [2.75, 3.05) is 13.7 Å². The van der Waals surface area contributed by atoms with Crippen LogP contribution in [-0.4, -0.2) is 19.5 Å². The zero-order valence-corrected chi connectivity index (χ0v) is 10.1. The van der Waals surface area contributed by atoms with Crippen LogP contribution in [-0.2, 0) is 14.3 Å². The maximum Gasteiger partial charge on any atom is 0.199 e. The summed E-state index contributed by atoms with van der Waals surface area (Å²) in [4.78, 5) is 11.5. The summed E-state index contributed by atoms with van der Waals surface area (Å²) in [5.74, 6) is 0.892. The number of ketones is 1. The van der Waals surface area contributed by atoms with Crippen molar-refractivity contribution in [3.05, 3.63) is 48.5 Å². The predicted octanol–water partition coefficient (Wildman–Crippen LogP) is 2.77. The van der Waals surface area contributed by atoms with Crippen molar-refractivity contribution in [1.29, 1.82) is 0 Å². The van der Waals surface area contributed by atoms with Gasteiger partial charge in [0, 0.05) is 5.57 Å². The number of allylic oxidation sites excluding steroid dienone is 4. The van der Waals surface area contributed by atoms with Crippen LogP contribution in [0.4, 0.5) is 0 Å². The van der Waals surface area contributed by atoms with E-state index in [0.29, 0.717) is 17.1 Å². The van der Waals surface area contributed by atoms with Crippen molar-refractivity contribution in [3.8, 4) is 0 Å². The van der Waals surface area contributed by atoms with Gasteiger partial charge in [0.2, 0.25) is 0 Å². The lowest BCUT2D eigenvalue weighted by Crippen LogP contribution is -2.09. The average Bonchev–Trinajstić information content (AvgIpc) is 2.25. The smallest absolute Gasteiger partial charge is 0.199 e. The lowest BCUT2D eigenvalue weighted by Gasteiger charge is -2.05. The second-order valence-corrected chi connectivity index (χ2v) is 3.16. The van der Waals surface area contributed by atoms with E-state index >= 15 is 0 Å². The number of ether oxygens (including phenoxy) is 2.